The van der Waals surface area contributed by atoms with Gasteiger partial charge in [0.1, 0.15) is 0 Å². The van der Waals surface area contributed by atoms with Crippen LogP contribution >= 0.6 is 11.8 Å². The van der Waals surface area contributed by atoms with Crippen LogP contribution in [0.25, 0.3) is 0 Å². The smallest absolute Gasteiger partial charge is 0.209 e. The van der Waals surface area contributed by atoms with Gasteiger partial charge < -0.3 is 5.32 Å². The summed E-state index contributed by atoms with van der Waals surface area (Å²) in [6.45, 7) is 5.58. The van der Waals surface area contributed by atoms with Crippen molar-refractivity contribution in [2.75, 3.05) is 18.8 Å². The SMILES string of the molecule is CCNCCn1nnnc1SCCn1cccn1. The van der Waals surface area contributed by atoms with Crippen LogP contribution in [0.1, 0.15) is 6.92 Å². The fraction of sp³-hybridized carbons (Fsp3) is 0.600. The highest BCUT2D eigenvalue weighted by Gasteiger charge is 2.05. The zero-order valence-corrected chi connectivity index (χ0v) is 11.2. The Hall–Kier alpha value is -1.41. The Labute approximate surface area is 110 Å². The topological polar surface area (TPSA) is 73.5 Å². The van der Waals surface area contributed by atoms with Crippen molar-refractivity contribution in [3.63, 3.8) is 0 Å². The molecule has 0 spiro atoms. The molecule has 7 nitrogen and oxygen atoms in total. The van der Waals surface area contributed by atoms with Crippen molar-refractivity contribution in [2.45, 2.75) is 25.2 Å². The number of rotatable bonds is 8. The molecule has 0 aliphatic carbocycles. The molecule has 2 aromatic heterocycles. The lowest BCUT2D eigenvalue weighted by Crippen LogP contribution is -2.20. The van der Waals surface area contributed by atoms with E-state index in [1.807, 2.05) is 21.6 Å². The standard InChI is InChI=1S/C10H17N7S/c1-2-11-5-7-17-10(13-14-15-17)18-9-8-16-6-3-4-12-16/h3-4,6,11H,2,5,7-9H2,1H3. The molecule has 2 heterocycles. The van der Waals surface area contributed by atoms with Gasteiger partial charge in [0.25, 0.3) is 0 Å². The van der Waals surface area contributed by atoms with Gasteiger partial charge in [-0.15, -0.1) is 5.10 Å². The third-order valence-corrected chi connectivity index (χ3v) is 3.30. The molecule has 0 aromatic carbocycles. The maximum atomic E-state index is 4.15. The van der Waals surface area contributed by atoms with E-state index in [9.17, 15) is 0 Å². The molecule has 2 aromatic rings. The number of tetrazole rings is 1. The maximum Gasteiger partial charge on any atom is 0.209 e. The molecular weight excluding hydrogens is 250 g/mol. The Kier molecular flexibility index (Phi) is 5.15. The van der Waals surface area contributed by atoms with Crippen LogP contribution in [0.15, 0.2) is 23.6 Å². The van der Waals surface area contributed by atoms with E-state index in [0.29, 0.717) is 0 Å². The third-order valence-electron chi connectivity index (χ3n) is 2.36. The van der Waals surface area contributed by atoms with Crippen molar-refractivity contribution in [1.82, 2.24) is 35.3 Å². The van der Waals surface area contributed by atoms with Gasteiger partial charge in [-0.3, -0.25) is 4.68 Å². The van der Waals surface area contributed by atoms with Gasteiger partial charge >= 0.3 is 0 Å². The molecule has 0 aliphatic rings. The summed E-state index contributed by atoms with van der Waals surface area (Å²) in [6.07, 6.45) is 3.74. The van der Waals surface area contributed by atoms with Crippen molar-refractivity contribution >= 4 is 11.8 Å². The minimum absolute atomic E-state index is 0.797. The van der Waals surface area contributed by atoms with E-state index in [1.54, 1.807) is 18.0 Å². The average Bonchev–Trinajstić information content (AvgIpc) is 3.02. The van der Waals surface area contributed by atoms with Gasteiger partial charge in [0, 0.05) is 24.7 Å². The van der Waals surface area contributed by atoms with Crippen molar-refractivity contribution in [2.24, 2.45) is 0 Å². The molecule has 0 radical (unpaired) electrons. The van der Waals surface area contributed by atoms with Crippen molar-refractivity contribution in [3.05, 3.63) is 18.5 Å². The highest BCUT2D eigenvalue weighted by atomic mass is 32.2. The minimum atomic E-state index is 0.797. The summed E-state index contributed by atoms with van der Waals surface area (Å²) in [5.41, 5.74) is 0. The van der Waals surface area contributed by atoms with Crippen LogP contribution in [0.2, 0.25) is 0 Å². The van der Waals surface area contributed by atoms with Gasteiger partial charge in [0.2, 0.25) is 5.16 Å². The van der Waals surface area contributed by atoms with Crippen molar-refractivity contribution in [1.29, 1.82) is 0 Å². The second-order valence-corrected chi connectivity index (χ2v) is 4.72. The molecule has 0 aliphatic heterocycles. The molecular formula is C10H17N7S. The lowest BCUT2D eigenvalue weighted by molar-refractivity contribution is 0.517. The van der Waals surface area contributed by atoms with Crippen molar-refractivity contribution < 1.29 is 0 Å². The van der Waals surface area contributed by atoms with E-state index < -0.39 is 0 Å². The number of hydrogen-bond acceptors (Lipinski definition) is 6. The Balaban J connectivity index is 1.76. The Bertz CT molecular complexity index is 439. The van der Waals surface area contributed by atoms with Gasteiger partial charge in [-0.1, -0.05) is 18.7 Å². The molecule has 0 atom stereocenters. The summed E-state index contributed by atoms with van der Waals surface area (Å²) in [5.74, 6) is 0.906. The van der Waals surface area contributed by atoms with E-state index >= 15 is 0 Å². The first-order valence-corrected chi connectivity index (χ1v) is 6.96. The molecule has 0 saturated carbocycles. The molecule has 0 bridgehead atoms. The molecule has 2 rings (SSSR count). The highest BCUT2D eigenvalue weighted by molar-refractivity contribution is 7.99. The first-order valence-electron chi connectivity index (χ1n) is 5.97. The predicted molar refractivity (Wildman–Crippen MR) is 69.3 cm³/mol. The second-order valence-electron chi connectivity index (χ2n) is 3.66. The Morgan fingerprint density at radius 1 is 1.39 bits per heavy atom. The number of hydrogen-bond donors (Lipinski definition) is 1. The molecule has 0 unspecified atom stereocenters. The Morgan fingerprint density at radius 3 is 3.11 bits per heavy atom. The second kappa shape index (κ2) is 7.12. The summed E-state index contributed by atoms with van der Waals surface area (Å²) >= 11 is 1.65. The number of aromatic nitrogens is 6. The van der Waals surface area contributed by atoms with Crippen molar-refractivity contribution in [3.8, 4) is 0 Å². The maximum absolute atomic E-state index is 4.15. The molecule has 98 valence electrons. The molecule has 0 amide bonds. The van der Waals surface area contributed by atoms with Crippen LogP contribution in [-0.4, -0.2) is 48.8 Å². The summed E-state index contributed by atoms with van der Waals surface area (Å²) in [7, 11) is 0. The largest absolute Gasteiger partial charge is 0.315 e. The van der Waals surface area contributed by atoms with Gasteiger partial charge in [-0.25, -0.2) is 4.68 Å². The molecule has 1 N–H and O–H groups in total. The van der Waals surface area contributed by atoms with Crippen LogP contribution in [0.5, 0.6) is 0 Å². The Morgan fingerprint density at radius 2 is 2.33 bits per heavy atom. The van der Waals surface area contributed by atoms with E-state index in [1.165, 1.54) is 0 Å². The monoisotopic (exact) mass is 267 g/mol. The van der Waals surface area contributed by atoms with Gasteiger partial charge in [0.05, 0.1) is 13.1 Å². The summed E-state index contributed by atoms with van der Waals surface area (Å²) in [4.78, 5) is 0. The number of nitrogens with zero attached hydrogens (tertiary/aromatic N) is 6. The minimum Gasteiger partial charge on any atom is -0.315 e. The predicted octanol–water partition coefficient (Wildman–Crippen LogP) is 0.271. The van der Waals surface area contributed by atoms with Crippen LogP contribution in [0, 0.1) is 0 Å². The van der Waals surface area contributed by atoms with Crippen LogP contribution in [0.4, 0.5) is 0 Å². The number of aryl methyl sites for hydroxylation is 1. The summed E-state index contributed by atoms with van der Waals surface area (Å²) in [5, 5.41) is 20.0. The molecule has 0 fully saturated rings. The van der Waals surface area contributed by atoms with E-state index in [2.05, 4.69) is 32.9 Å². The van der Waals surface area contributed by atoms with E-state index in [0.717, 1.165) is 37.1 Å². The fourth-order valence-electron chi connectivity index (χ4n) is 1.47. The zero-order valence-electron chi connectivity index (χ0n) is 10.4. The first kappa shape index (κ1) is 13.0. The van der Waals surface area contributed by atoms with Gasteiger partial charge in [0.15, 0.2) is 0 Å². The third kappa shape index (κ3) is 3.81. The first-order chi connectivity index (χ1) is 8.90. The summed E-state index contributed by atoms with van der Waals surface area (Å²) in [6, 6.07) is 1.92. The quantitative estimate of drug-likeness (QED) is 0.547. The summed E-state index contributed by atoms with van der Waals surface area (Å²) < 4.78 is 3.73. The van der Waals surface area contributed by atoms with E-state index in [-0.39, 0.29) is 0 Å². The lowest BCUT2D eigenvalue weighted by Gasteiger charge is -2.04. The molecule has 18 heavy (non-hydrogen) atoms. The zero-order chi connectivity index (χ0) is 12.6. The van der Waals surface area contributed by atoms with E-state index in [4.69, 9.17) is 0 Å². The van der Waals surface area contributed by atoms with Crippen LogP contribution in [0.3, 0.4) is 0 Å². The van der Waals surface area contributed by atoms with Gasteiger partial charge in [-0.2, -0.15) is 5.10 Å². The molecule has 8 heteroatoms. The average molecular weight is 267 g/mol. The normalized spacial score (nSPS) is 10.9. The fourth-order valence-corrected chi connectivity index (χ4v) is 2.30. The number of likely N-dealkylation sites (N-methyl/N-ethyl adjacent to an activating group) is 1. The number of nitrogens with one attached hydrogen (secondary N) is 1. The van der Waals surface area contributed by atoms with Gasteiger partial charge in [-0.05, 0) is 23.0 Å². The highest BCUT2D eigenvalue weighted by Crippen LogP contribution is 2.13. The van der Waals surface area contributed by atoms with Crippen LogP contribution in [-0.2, 0) is 13.1 Å². The molecule has 0 saturated heterocycles. The van der Waals surface area contributed by atoms with Crippen LogP contribution < -0.4 is 5.32 Å². The lowest BCUT2D eigenvalue weighted by atomic mass is 10.6. The number of thioether (sulfide) groups is 1.